The number of ether oxygens (including phenoxy) is 1. The number of aliphatic hydroxyl groups is 1. The van der Waals surface area contributed by atoms with Crippen LogP contribution in [0.2, 0.25) is 0 Å². The maximum Gasteiger partial charge on any atom is 0.257 e. The summed E-state index contributed by atoms with van der Waals surface area (Å²) in [4.78, 5) is 22.5. The second kappa shape index (κ2) is 9.71. The molecule has 1 atom stereocenters. The highest BCUT2D eigenvalue weighted by atomic mass is 19.1. The van der Waals surface area contributed by atoms with Crippen LogP contribution in [-0.2, 0) is 0 Å². The fourth-order valence-corrected chi connectivity index (χ4v) is 3.37. The Balaban J connectivity index is 1.35. The molecular formula is C21H24FN7O3. The van der Waals surface area contributed by atoms with Crippen molar-refractivity contribution in [3.8, 4) is 5.88 Å². The van der Waals surface area contributed by atoms with Gasteiger partial charge in [0.05, 0.1) is 35.5 Å². The molecule has 0 spiro atoms. The zero-order chi connectivity index (χ0) is 22.5. The molecule has 0 aromatic carbocycles. The van der Waals surface area contributed by atoms with Crippen molar-refractivity contribution in [2.24, 2.45) is 0 Å². The number of H-pyrrole nitrogens is 1. The summed E-state index contributed by atoms with van der Waals surface area (Å²) in [5, 5.41) is 22.5. The van der Waals surface area contributed by atoms with Gasteiger partial charge in [0.2, 0.25) is 5.88 Å². The van der Waals surface area contributed by atoms with Crippen molar-refractivity contribution >= 4 is 17.3 Å². The van der Waals surface area contributed by atoms with Crippen molar-refractivity contribution in [3.05, 3.63) is 60.1 Å². The van der Waals surface area contributed by atoms with Crippen molar-refractivity contribution in [1.82, 2.24) is 25.1 Å². The van der Waals surface area contributed by atoms with Crippen LogP contribution in [0.1, 0.15) is 35.1 Å². The Morgan fingerprint density at radius 1 is 1.28 bits per heavy atom. The normalized spacial score (nSPS) is 15.8. The molecule has 3 aromatic heterocycles. The van der Waals surface area contributed by atoms with Gasteiger partial charge in [-0.2, -0.15) is 5.10 Å². The molecule has 1 aliphatic rings. The Morgan fingerprint density at radius 2 is 2.09 bits per heavy atom. The van der Waals surface area contributed by atoms with Crippen LogP contribution >= 0.6 is 0 Å². The van der Waals surface area contributed by atoms with Gasteiger partial charge in [0.25, 0.3) is 5.91 Å². The van der Waals surface area contributed by atoms with Crippen LogP contribution in [0, 0.1) is 5.82 Å². The van der Waals surface area contributed by atoms with Crippen LogP contribution in [0.4, 0.5) is 15.8 Å². The first-order valence-corrected chi connectivity index (χ1v) is 10.2. The maximum atomic E-state index is 13.3. The highest BCUT2D eigenvalue weighted by Gasteiger charge is 2.20. The number of carbonyl (C=O) groups is 1. The van der Waals surface area contributed by atoms with Crippen LogP contribution in [0.15, 0.2) is 43.0 Å². The number of likely N-dealkylation sites (tertiary alicyclic amines) is 1. The molecule has 1 amide bonds. The first kappa shape index (κ1) is 21.7. The first-order chi connectivity index (χ1) is 15.5. The van der Waals surface area contributed by atoms with Gasteiger partial charge in [-0.15, -0.1) is 0 Å². The molecule has 0 bridgehead atoms. The Labute approximate surface area is 183 Å². The number of carbonyl (C=O) groups excluding carboxylic acids is 1. The minimum absolute atomic E-state index is 0.0454. The van der Waals surface area contributed by atoms with Crippen molar-refractivity contribution < 1.29 is 19.0 Å². The fraction of sp³-hybridized carbons (Fsp3) is 0.333. The molecule has 0 saturated carbocycles. The van der Waals surface area contributed by atoms with Crippen molar-refractivity contribution in [2.45, 2.75) is 25.2 Å². The number of pyridine rings is 2. The molecule has 1 unspecified atom stereocenters. The molecule has 4 N–H and O–H groups in total. The predicted octanol–water partition coefficient (Wildman–Crippen LogP) is 2.17. The summed E-state index contributed by atoms with van der Waals surface area (Å²) in [6.07, 6.45) is 6.00. The molecule has 168 valence electrons. The SMILES string of the molecule is CN1CCC(Oc2ccc(NC(O)c3[nH]ncc3NC(=O)c3cncc(F)c3)cn2)CC1. The van der Waals surface area contributed by atoms with Gasteiger partial charge in [-0.1, -0.05) is 0 Å². The predicted molar refractivity (Wildman–Crippen MR) is 115 cm³/mol. The van der Waals surface area contributed by atoms with Gasteiger partial charge in [0.15, 0.2) is 6.23 Å². The summed E-state index contributed by atoms with van der Waals surface area (Å²) < 4.78 is 19.2. The standard InChI is InChI=1S/C21H24FN7O3/c1-29-6-4-16(5-7-29)32-18-3-2-15(11-24-18)26-21(31)19-17(12-25-28-19)27-20(30)13-8-14(22)10-23-9-13/h2-3,8-12,16,21,26,31H,4-7H2,1H3,(H,25,28)(H,27,30). The van der Waals surface area contributed by atoms with Gasteiger partial charge >= 0.3 is 0 Å². The lowest BCUT2D eigenvalue weighted by Crippen LogP contribution is -2.35. The topological polar surface area (TPSA) is 128 Å². The lowest BCUT2D eigenvalue weighted by molar-refractivity contribution is 0.102. The third kappa shape index (κ3) is 5.37. The smallest absolute Gasteiger partial charge is 0.257 e. The van der Waals surface area contributed by atoms with Crippen molar-refractivity contribution in [1.29, 1.82) is 0 Å². The number of nitrogens with zero attached hydrogens (tertiary/aromatic N) is 4. The number of aromatic amines is 1. The minimum Gasteiger partial charge on any atom is -0.474 e. The number of piperidine rings is 1. The summed E-state index contributed by atoms with van der Waals surface area (Å²) in [5.41, 5.74) is 1.07. The number of hydrogen-bond acceptors (Lipinski definition) is 8. The quantitative estimate of drug-likeness (QED) is 0.411. The molecule has 1 aliphatic heterocycles. The summed E-state index contributed by atoms with van der Waals surface area (Å²) in [6, 6.07) is 4.55. The van der Waals surface area contributed by atoms with Crippen LogP contribution in [0.5, 0.6) is 5.88 Å². The minimum atomic E-state index is -1.21. The van der Waals surface area contributed by atoms with Gasteiger partial charge in [0, 0.05) is 25.4 Å². The van der Waals surface area contributed by atoms with Crippen LogP contribution in [0.3, 0.4) is 0 Å². The van der Waals surface area contributed by atoms with Crippen LogP contribution in [0.25, 0.3) is 0 Å². The molecule has 0 radical (unpaired) electrons. The third-order valence-corrected chi connectivity index (χ3v) is 5.15. The van der Waals surface area contributed by atoms with Crippen LogP contribution in [-0.4, -0.2) is 62.3 Å². The Bertz CT molecular complexity index is 1050. The highest BCUT2D eigenvalue weighted by molar-refractivity contribution is 6.04. The monoisotopic (exact) mass is 441 g/mol. The lowest BCUT2D eigenvalue weighted by Gasteiger charge is -2.28. The molecule has 1 saturated heterocycles. The van der Waals surface area contributed by atoms with E-state index < -0.39 is 18.0 Å². The molecular weight excluding hydrogens is 417 g/mol. The Kier molecular flexibility index (Phi) is 6.57. The molecule has 3 aromatic rings. The number of nitrogens with one attached hydrogen (secondary N) is 3. The van der Waals surface area contributed by atoms with E-state index in [9.17, 15) is 14.3 Å². The second-order valence-corrected chi connectivity index (χ2v) is 7.60. The number of rotatable bonds is 7. The number of halogens is 1. The van der Waals surface area contributed by atoms with Crippen LogP contribution < -0.4 is 15.4 Å². The van der Waals surface area contributed by atoms with Crippen molar-refractivity contribution in [2.75, 3.05) is 30.8 Å². The molecule has 4 rings (SSSR count). The average Bonchev–Trinajstić information content (AvgIpc) is 3.25. The zero-order valence-electron chi connectivity index (χ0n) is 17.5. The average molecular weight is 441 g/mol. The molecule has 1 fully saturated rings. The van der Waals surface area contributed by atoms with E-state index in [0.29, 0.717) is 11.6 Å². The summed E-state index contributed by atoms with van der Waals surface area (Å²) in [6.45, 7) is 1.99. The number of hydrogen-bond donors (Lipinski definition) is 4. The van der Waals surface area contributed by atoms with Crippen molar-refractivity contribution in [3.63, 3.8) is 0 Å². The largest absolute Gasteiger partial charge is 0.474 e. The summed E-state index contributed by atoms with van der Waals surface area (Å²) in [5.74, 6) is -0.677. The fourth-order valence-electron chi connectivity index (χ4n) is 3.37. The molecule has 11 heteroatoms. The van der Waals surface area contributed by atoms with E-state index in [1.807, 2.05) is 0 Å². The Morgan fingerprint density at radius 3 is 2.81 bits per heavy atom. The zero-order valence-corrected chi connectivity index (χ0v) is 17.5. The lowest BCUT2D eigenvalue weighted by atomic mass is 10.1. The summed E-state index contributed by atoms with van der Waals surface area (Å²) in [7, 11) is 2.09. The van der Waals surface area contributed by atoms with Gasteiger partial charge in [0.1, 0.15) is 17.6 Å². The number of anilines is 2. The van der Waals surface area contributed by atoms with E-state index in [1.54, 1.807) is 18.3 Å². The van der Waals surface area contributed by atoms with Gasteiger partial charge < -0.3 is 25.4 Å². The van der Waals surface area contributed by atoms with E-state index in [4.69, 9.17) is 4.74 Å². The van der Waals surface area contributed by atoms with Gasteiger partial charge in [-0.25, -0.2) is 9.37 Å². The molecule has 10 nitrogen and oxygen atoms in total. The first-order valence-electron chi connectivity index (χ1n) is 10.2. The van der Waals surface area contributed by atoms with E-state index in [-0.39, 0.29) is 23.0 Å². The van der Waals surface area contributed by atoms with Gasteiger partial charge in [-0.05, 0) is 32.0 Å². The number of aromatic nitrogens is 4. The molecule has 0 aliphatic carbocycles. The summed E-state index contributed by atoms with van der Waals surface area (Å²) >= 11 is 0. The maximum absolute atomic E-state index is 13.3. The number of amides is 1. The van der Waals surface area contributed by atoms with E-state index in [1.165, 1.54) is 12.4 Å². The number of aliphatic hydroxyl groups excluding tert-OH is 1. The second-order valence-electron chi connectivity index (χ2n) is 7.60. The Hall–Kier alpha value is -3.57. The molecule has 4 heterocycles. The van der Waals surface area contributed by atoms with Gasteiger partial charge in [-0.3, -0.25) is 14.9 Å². The van der Waals surface area contributed by atoms with E-state index >= 15 is 0 Å². The third-order valence-electron chi connectivity index (χ3n) is 5.15. The molecule has 32 heavy (non-hydrogen) atoms. The van der Waals surface area contributed by atoms with E-state index in [0.717, 1.165) is 38.2 Å². The van der Waals surface area contributed by atoms with E-state index in [2.05, 4.69) is 42.7 Å². The highest BCUT2D eigenvalue weighted by Crippen LogP contribution is 2.24.